The third kappa shape index (κ3) is 3.62. The van der Waals surface area contributed by atoms with Crippen molar-refractivity contribution >= 4 is 85.0 Å². The van der Waals surface area contributed by atoms with Crippen LogP contribution in [0.25, 0.3) is 90.2 Å². The van der Waals surface area contributed by atoms with Crippen LogP contribution in [0.3, 0.4) is 0 Å². The minimum Gasteiger partial charge on any atom is -0.308 e. The highest BCUT2D eigenvalue weighted by molar-refractivity contribution is 7.30. The van der Waals surface area contributed by atoms with Gasteiger partial charge in [-0.05, 0) is 52.6 Å². The van der Waals surface area contributed by atoms with Gasteiger partial charge < -0.3 is 4.57 Å². The second kappa shape index (κ2) is 9.57. The van der Waals surface area contributed by atoms with E-state index < -0.39 is 0 Å². The summed E-state index contributed by atoms with van der Waals surface area (Å²) < 4.78 is 7.48. The average molecular weight is 610 g/mol. The number of aromatic nitrogens is 3. The van der Waals surface area contributed by atoms with Crippen molar-refractivity contribution in [2.75, 3.05) is 0 Å². The molecule has 0 amide bonds. The van der Waals surface area contributed by atoms with Crippen LogP contribution in [0.4, 0.5) is 0 Å². The first kappa shape index (κ1) is 25.0. The van der Waals surface area contributed by atoms with E-state index in [9.17, 15) is 0 Å². The fourth-order valence-electron chi connectivity index (χ4n) is 7.00. The predicted octanol–water partition coefficient (Wildman–Crippen LogP) is 11.6. The predicted molar refractivity (Wildman–Crippen MR) is 193 cm³/mol. The summed E-state index contributed by atoms with van der Waals surface area (Å²) in [5.74, 6) is 0. The number of rotatable bonds is 3. The van der Waals surface area contributed by atoms with Crippen LogP contribution in [0, 0.1) is 0 Å². The highest BCUT2D eigenvalue weighted by Crippen LogP contribution is 2.51. The van der Waals surface area contributed by atoms with Crippen molar-refractivity contribution in [3.8, 4) is 27.9 Å². The van der Waals surface area contributed by atoms with E-state index in [4.69, 9.17) is 4.98 Å². The monoisotopic (exact) mass is 609 g/mol. The number of para-hydroxylation sites is 1. The van der Waals surface area contributed by atoms with Crippen LogP contribution in [0.1, 0.15) is 0 Å². The molecule has 4 aromatic heterocycles. The average Bonchev–Trinajstić information content (AvgIpc) is 3.78. The van der Waals surface area contributed by atoms with Gasteiger partial charge in [0.25, 0.3) is 0 Å². The Morgan fingerprint density at radius 3 is 1.84 bits per heavy atom. The Bertz CT molecular complexity index is 2670. The molecule has 0 spiro atoms. The molecule has 0 atom stereocenters. The van der Waals surface area contributed by atoms with Gasteiger partial charge in [0.15, 0.2) is 0 Å². The third-order valence-corrected chi connectivity index (χ3v) is 11.2. The van der Waals surface area contributed by atoms with Crippen LogP contribution >= 0.6 is 22.7 Å². The zero-order valence-corrected chi connectivity index (χ0v) is 25.6. The fourth-order valence-corrected chi connectivity index (χ4v) is 9.52. The van der Waals surface area contributed by atoms with E-state index in [1.165, 1.54) is 74.3 Å². The Balaban J connectivity index is 1.45. The number of thiophene rings is 2. The number of hydrogen-bond donors (Lipinski definition) is 0. The van der Waals surface area contributed by atoms with Gasteiger partial charge in [-0.2, -0.15) is 0 Å². The third-order valence-electron chi connectivity index (χ3n) is 8.91. The van der Waals surface area contributed by atoms with Gasteiger partial charge in [-0.3, -0.25) is 0 Å². The molecule has 0 aliphatic rings. The quantitative estimate of drug-likeness (QED) is 0.199. The van der Waals surface area contributed by atoms with Crippen LogP contribution < -0.4 is 0 Å². The second-order valence-electron chi connectivity index (χ2n) is 11.4. The summed E-state index contributed by atoms with van der Waals surface area (Å²) in [6.07, 6.45) is 3.65. The van der Waals surface area contributed by atoms with Crippen LogP contribution in [0.2, 0.25) is 0 Å². The highest BCUT2D eigenvalue weighted by atomic mass is 32.1. The minimum atomic E-state index is 1.04. The molecule has 210 valence electrons. The van der Waals surface area contributed by atoms with E-state index in [-0.39, 0.29) is 0 Å². The standard InChI is InChI=1S/C40H23N3S2/c1-3-11-24(12-4-1)26-19-27(25-13-5-2-6-14-25)21-28(20-26)43-31-17-9-7-15-29(31)34-38(43)35-30-16-8-10-18-32(30)44-40(35)36-37-33(45-39(34)36)22-41-23-42-37/h1-23H. The van der Waals surface area contributed by atoms with Gasteiger partial charge in [0.05, 0.1) is 21.3 Å². The summed E-state index contributed by atoms with van der Waals surface area (Å²) in [5, 5.41) is 6.35. The lowest BCUT2D eigenvalue weighted by atomic mass is 9.98. The first-order valence-electron chi connectivity index (χ1n) is 15.0. The van der Waals surface area contributed by atoms with Crippen molar-refractivity contribution < 1.29 is 0 Å². The van der Waals surface area contributed by atoms with Gasteiger partial charge in [0, 0.05) is 52.9 Å². The Morgan fingerprint density at radius 2 is 1.11 bits per heavy atom. The van der Waals surface area contributed by atoms with E-state index in [0.717, 1.165) is 15.9 Å². The van der Waals surface area contributed by atoms with Crippen molar-refractivity contribution in [3.63, 3.8) is 0 Å². The van der Waals surface area contributed by atoms with Crippen LogP contribution in [0.5, 0.6) is 0 Å². The van der Waals surface area contributed by atoms with E-state index in [0.29, 0.717) is 0 Å². The lowest BCUT2D eigenvalue weighted by Gasteiger charge is -2.15. The number of benzene rings is 6. The van der Waals surface area contributed by atoms with Crippen molar-refractivity contribution in [1.82, 2.24) is 14.5 Å². The summed E-state index contributed by atoms with van der Waals surface area (Å²) in [6.45, 7) is 0. The molecule has 0 aliphatic carbocycles. The molecule has 0 radical (unpaired) electrons. The van der Waals surface area contributed by atoms with E-state index in [1.54, 1.807) is 6.33 Å². The molecule has 5 heteroatoms. The molecule has 0 unspecified atom stereocenters. The van der Waals surface area contributed by atoms with Gasteiger partial charge in [-0.15, -0.1) is 22.7 Å². The molecule has 10 rings (SSSR count). The fraction of sp³-hybridized carbons (Fsp3) is 0. The summed E-state index contributed by atoms with van der Waals surface area (Å²) in [6, 6.07) is 46.2. The molecule has 0 saturated carbocycles. The molecule has 3 nitrogen and oxygen atoms in total. The van der Waals surface area contributed by atoms with Gasteiger partial charge in [0.2, 0.25) is 0 Å². The lowest BCUT2D eigenvalue weighted by molar-refractivity contribution is 1.19. The van der Waals surface area contributed by atoms with Crippen molar-refractivity contribution in [2.24, 2.45) is 0 Å². The number of fused-ring (bicyclic) bond motifs is 12. The zero-order chi connectivity index (χ0) is 29.5. The number of hydrogen-bond acceptors (Lipinski definition) is 4. The number of nitrogens with zero attached hydrogens (tertiary/aromatic N) is 3. The molecule has 4 heterocycles. The summed E-state index contributed by atoms with van der Waals surface area (Å²) in [4.78, 5) is 9.23. The van der Waals surface area contributed by atoms with Crippen molar-refractivity contribution in [3.05, 3.63) is 140 Å². The SMILES string of the molecule is c1ccc(-c2cc(-c3ccccc3)cc(-n3c4ccccc4c4c5sc6cncnc6c5c5sc6ccccc6c5c43)c2)cc1. The Kier molecular flexibility index (Phi) is 5.32. The molecular formula is C40H23N3S2. The molecule has 6 aromatic carbocycles. The molecule has 0 N–H and O–H groups in total. The molecule has 45 heavy (non-hydrogen) atoms. The van der Waals surface area contributed by atoms with Gasteiger partial charge in [0.1, 0.15) is 6.33 Å². The second-order valence-corrected chi connectivity index (χ2v) is 13.5. The van der Waals surface area contributed by atoms with Gasteiger partial charge in [-0.25, -0.2) is 9.97 Å². The zero-order valence-electron chi connectivity index (χ0n) is 23.9. The first-order valence-corrected chi connectivity index (χ1v) is 16.6. The van der Waals surface area contributed by atoms with E-state index in [1.807, 2.05) is 28.9 Å². The minimum absolute atomic E-state index is 1.04. The van der Waals surface area contributed by atoms with Crippen molar-refractivity contribution in [2.45, 2.75) is 0 Å². The molecule has 0 aliphatic heterocycles. The summed E-state index contributed by atoms with van der Waals surface area (Å²) in [7, 11) is 0. The Hall–Kier alpha value is -5.36. The van der Waals surface area contributed by atoms with Crippen molar-refractivity contribution in [1.29, 1.82) is 0 Å². The maximum atomic E-state index is 4.83. The summed E-state index contributed by atoms with van der Waals surface area (Å²) >= 11 is 3.68. The topological polar surface area (TPSA) is 30.7 Å². The highest BCUT2D eigenvalue weighted by Gasteiger charge is 2.25. The molecule has 0 fully saturated rings. The molecule has 0 bridgehead atoms. The summed E-state index contributed by atoms with van der Waals surface area (Å²) in [5.41, 5.74) is 9.44. The first-order chi connectivity index (χ1) is 22.3. The molecule has 10 aromatic rings. The van der Waals surface area contributed by atoms with Crippen LogP contribution in [-0.2, 0) is 0 Å². The lowest BCUT2D eigenvalue weighted by Crippen LogP contribution is -1.96. The maximum absolute atomic E-state index is 4.83. The smallest absolute Gasteiger partial charge is 0.116 e. The van der Waals surface area contributed by atoms with Gasteiger partial charge in [-0.1, -0.05) is 97.1 Å². The van der Waals surface area contributed by atoms with Crippen LogP contribution in [0.15, 0.2) is 140 Å². The van der Waals surface area contributed by atoms with Gasteiger partial charge >= 0.3 is 0 Å². The normalized spacial score (nSPS) is 12.0. The van der Waals surface area contributed by atoms with E-state index >= 15 is 0 Å². The molecular weight excluding hydrogens is 587 g/mol. The Morgan fingerprint density at radius 1 is 0.511 bits per heavy atom. The largest absolute Gasteiger partial charge is 0.308 e. The van der Waals surface area contributed by atoms with E-state index in [2.05, 4.69) is 137 Å². The molecule has 0 saturated heterocycles. The van der Waals surface area contributed by atoms with Crippen LogP contribution in [-0.4, -0.2) is 14.5 Å². The maximum Gasteiger partial charge on any atom is 0.116 e. The Labute approximate surface area is 266 Å².